The van der Waals surface area contributed by atoms with Crippen LogP contribution >= 0.6 is 11.3 Å². The molecule has 0 bridgehead atoms. The first kappa shape index (κ1) is 13.5. The van der Waals surface area contributed by atoms with Crippen LogP contribution in [0.15, 0.2) is 17.8 Å². The first-order valence-electron chi connectivity index (χ1n) is 5.89. The van der Waals surface area contributed by atoms with Crippen LogP contribution in [0.25, 0.3) is 4.96 Å². The first-order valence-corrected chi connectivity index (χ1v) is 6.77. The van der Waals surface area contributed by atoms with Gasteiger partial charge in [0.15, 0.2) is 4.96 Å². The van der Waals surface area contributed by atoms with Gasteiger partial charge in [-0.3, -0.25) is 14.0 Å². The van der Waals surface area contributed by atoms with Gasteiger partial charge in [0.25, 0.3) is 0 Å². The fourth-order valence-electron chi connectivity index (χ4n) is 1.82. The van der Waals surface area contributed by atoms with Gasteiger partial charge in [-0.15, -0.1) is 11.3 Å². The summed E-state index contributed by atoms with van der Waals surface area (Å²) in [7, 11) is 0. The molecule has 1 N–H and O–H groups in total. The summed E-state index contributed by atoms with van der Waals surface area (Å²) in [4.78, 5) is 29.4. The molecule has 2 heterocycles. The van der Waals surface area contributed by atoms with Gasteiger partial charge in [0.2, 0.25) is 5.91 Å². The van der Waals surface area contributed by atoms with E-state index in [1.54, 1.807) is 20.0 Å². The Morgan fingerprint density at radius 2 is 2.26 bits per heavy atom. The predicted molar refractivity (Wildman–Crippen MR) is 71.3 cm³/mol. The molecule has 0 aliphatic rings. The molecule has 0 saturated heterocycles. The molecule has 0 fully saturated rings. The highest BCUT2D eigenvalue weighted by Gasteiger charge is 2.21. The zero-order chi connectivity index (χ0) is 14.0. The Morgan fingerprint density at radius 1 is 1.53 bits per heavy atom. The number of fused-ring (bicyclic) bond motifs is 1. The van der Waals surface area contributed by atoms with Gasteiger partial charge in [0, 0.05) is 23.8 Å². The zero-order valence-electron chi connectivity index (χ0n) is 10.7. The van der Waals surface area contributed by atoms with Crippen molar-refractivity contribution in [3.05, 3.63) is 23.5 Å². The third kappa shape index (κ3) is 3.11. The Balaban J connectivity index is 2.10. The van der Waals surface area contributed by atoms with Crippen molar-refractivity contribution in [2.75, 3.05) is 6.54 Å². The van der Waals surface area contributed by atoms with Crippen LogP contribution in [0.1, 0.15) is 19.5 Å². The number of carbonyl (C=O) groups is 2. The van der Waals surface area contributed by atoms with Crippen molar-refractivity contribution >= 4 is 28.2 Å². The molecular weight excluding hydrogens is 266 g/mol. The van der Waals surface area contributed by atoms with Gasteiger partial charge in [0.05, 0.1) is 12.1 Å². The summed E-state index contributed by atoms with van der Waals surface area (Å²) < 4.78 is 1.85. The molecule has 2 aromatic rings. The van der Waals surface area contributed by atoms with Crippen LogP contribution in [0.3, 0.4) is 0 Å². The Bertz CT molecular complexity index is 574. The van der Waals surface area contributed by atoms with Crippen molar-refractivity contribution in [3.63, 3.8) is 0 Å². The predicted octanol–water partition coefficient (Wildman–Crippen LogP) is 1.26. The molecule has 2 rings (SSSR count). The molecule has 19 heavy (non-hydrogen) atoms. The minimum atomic E-state index is -1.01. The minimum Gasteiger partial charge on any atom is -0.480 e. The largest absolute Gasteiger partial charge is 0.480 e. The molecule has 1 amide bonds. The van der Waals surface area contributed by atoms with Gasteiger partial charge in [-0.1, -0.05) is 0 Å². The molecule has 0 unspecified atom stereocenters. The maximum atomic E-state index is 12.1. The van der Waals surface area contributed by atoms with E-state index < -0.39 is 5.97 Å². The summed E-state index contributed by atoms with van der Waals surface area (Å²) in [6.45, 7) is 3.32. The van der Waals surface area contributed by atoms with Crippen LogP contribution in [0.5, 0.6) is 0 Å². The van der Waals surface area contributed by atoms with Crippen molar-refractivity contribution in [2.45, 2.75) is 26.3 Å². The number of hydrogen-bond donors (Lipinski definition) is 1. The van der Waals surface area contributed by atoms with Crippen molar-refractivity contribution in [1.82, 2.24) is 14.3 Å². The summed E-state index contributed by atoms with van der Waals surface area (Å²) in [5, 5.41) is 10.7. The van der Waals surface area contributed by atoms with E-state index in [1.807, 2.05) is 16.0 Å². The lowest BCUT2D eigenvalue weighted by molar-refractivity contribution is -0.145. The molecule has 0 radical (unpaired) electrons. The Morgan fingerprint density at radius 3 is 2.84 bits per heavy atom. The lowest BCUT2D eigenvalue weighted by Crippen LogP contribution is -2.41. The quantitative estimate of drug-likeness (QED) is 0.895. The van der Waals surface area contributed by atoms with Crippen LogP contribution in [-0.2, 0) is 16.0 Å². The molecule has 0 aliphatic heterocycles. The highest BCUT2D eigenvalue weighted by atomic mass is 32.1. The van der Waals surface area contributed by atoms with Crippen LogP contribution in [0.4, 0.5) is 0 Å². The lowest BCUT2D eigenvalue weighted by atomic mass is 10.2. The van der Waals surface area contributed by atoms with Gasteiger partial charge in [-0.05, 0) is 13.8 Å². The zero-order valence-corrected chi connectivity index (χ0v) is 11.6. The van der Waals surface area contributed by atoms with E-state index in [4.69, 9.17) is 5.11 Å². The average molecular weight is 281 g/mol. The number of hydrogen-bond acceptors (Lipinski definition) is 4. The first-order chi connectivity index (χ1) is 8.97. The van der Waals surface area contributed by atoms with E-state index in [2.05, 4.69) is 4.98 Å². The van der Waals surface area contributed by atoms with Crippen molar-refractivity contribution in [1.29, 1.82) is 0 Å². The fraction of sp³-hybridized carbons (Fsp3) is 0.417. The van der Waals surface area contributed by atoms with E-state index in [0.717, 1.165) is 4.96 Å². The van der Waals surface area contributed by atoms with E-state index in [9.17, 15) is 9.59 Å². The molecule has 0 spiro atoms. The summed E-state index contributed by atoms with van der Waals surface area (Å²) in [5.41, 5.74) is 0.660. The van der Waals surface area contributed by atoms with Gasteiger partial charge in [-0.25, -0.2) is 4.98 Å². The topological polar surface area (TPSA) is 74.9 Å². The number of nitrogens with zero attached hydrogens (tertiary/aromatic N) is 3. The van der Waals surface area contributed by atoms with Crippen molar-refractivity contribution in [3.8, 4) is 0 Å². The summed E-state index contributed by atoms with van der Waals surface area (Å²) >= 11 is 1.49. The van der Waals surface area contributed by atoms with E-state index >= 15 is 0 Å². The maximum Gasteiger partial charge on any atom is 0.323 e. The second-order valence-corrected chi connectivity index (χ2v) is 5.38. The normalized spacial score (nSPS) is 11.1. The number of aromatic nitrogens is 2. The Hall–Kier alpha value is -1.89. The molecule has 0 aromatic carbocycles. The summed E-state index contributed by atoms with van der Waals surface area (Å²) in [6, 6.07) is -0.146. The molecule has 7 heteroatoms. The van der Waals surface area contributed by atoms with Crippen LogP contribution < -0.4 is 0 Å². The van der Waals surface area contributed by atoms with Gasteiger partial charge in [0.1, 0.15) is 6.54 Å². The number of aliphatic carboxylic acids is 1. The van der Waals surface area contributed by atoms with Crippen LogP contribution in [-0.4, -0.2) is 43.9 Å². The van der Waals surface area contributed by atoms with E-state index in [0.29, 0.717) is 5.69 Å². The van der Waals surface area contributed by atoms with Crippen LogP contribution in [0, 0.1) is 0 Å². The van der Waals surface area contributed by atoms with Gasteiger partial charge in [-0.2, -0.15) is 0 Å². The second kappa shape index (κ2) is 5.40. The highest BCUT2D eigenvalue weighted by molar-refractivity contribution is 7.15. The van der Waals surface area contributed by atoms with Crippen molar-refractivity contribution < 1.29 is 14.7 Å². The number of thiazole rings is 1. The molecular formula is C12H15N3O3S. The van der Waals surface area contributed by atoms with Gasteiger partial charge < -0.3 is 10.0 Å². The SMILES string of the molecule is CC(C)N(CC(=O)O)C(=O)Cc1cn2ccsc2n1. The molecule has 2 aromatic heterocycles. The highest BCUT2D eigenvalue weighted by Crippen LogP contribution is 2.13. The second-order valence-electron chi connectivity index (χ2n) is 4.51. The Kier molecular flexibility index (Phi) is 3.84. The average Bonchev–Trinajstić information content (AvgIpc) is 2.85. The number of rotatable bonds is 5. The Labute approximate surface area is 114 Å². The number of carbonyl (C=O) groups excluding carboxylic acids is 1. The smallest absolute Gasteiger partial charge is 0.323 e. The molecule has 6 nitrogen and oxygen atoms in total. The van der Waals surface area contributed by atoms with Crippen LogP contribution in [0.2, 0.25) is 0 Å². The summed E-state index contributed by atoms with van der Waals surface area (Å²) in [5.74, 6) is -1.23. The third-order valence-corrected chi connectivity index (χ3v) is 3.50. The summed E-state index contributed by atoms with van der Waals surface area (Å²) in [6.07, 6.45) is 3.79. The molecule has 0 saturated carbocycles. The minimum absolute atomic E-state index is 0.125. The maximum absolute atomic E-state index is 12.1. The number of carboxylic acids is 1. The monoisotopic (exact) mass is 281 g/mol. The fourth-order valence-corrected chi connectivity index (χ4v) is 2.54. The molecule has 0 atom stereocenters. The number of amides is 1. The molecule has 0 aliphatic carbocycles. The number of carboxylic acid groups (broad SMARTS) is 1. The van der Waals surface area contributed by atoms with E-state index in [1.165, 1.54) is 16.2 Å². The molecule has 102 valence electrons. The van der Waals surface area contributed by atoms with Gasteiger partial charge >= 0.3 is 5.97 Å². The van der Waals surface area contributed by atoms with E-state index in [-0.39, 0.29) is 24.9 Å². The third-order valence-electron chi connectivity index (χ3n) is 2.72. The standard InChI is InChI=1S/C12H15N3O3S/c1-8(2)15(7-11(17)18)10(16)5-9-6-14-3-4-19-12(14)13-9/h3-4,6,8H,5,7H2,1-2H3,(H,17,18). The number of imidazole rings is 1. The lowest BCUT2D eigenvalue weighted by Gasteiger charge is -2.24. The van der Waals surface area contributed by atoms with Crippen molar-refractivity contribution in [2.24, 2.45) is 0 Å².